The van der Waals surface area contributed by atoms with Crippen molar-refractivity contribution in [2.75, 3.05) is 13.7 Å². The van der Waals surface area contributed by atoms with Crippen LogP contribution in [0.1, 0.15) is 11.1 Å². The lowest BCUT2D eigenvalue weighted by atomic mass is 10.1. The molecule has 4 heteroatoms. The predicted molar refractivity (Wildman–Crippen MR) is 53.8 cm³/mol. The molecule has 1 aromatic rings. The van der Waals surface area contributed by atoms with Crippen molar-refractivity contribution in [2.45, 2.75) is 13.3 Å². The fourth-order valence-corrected chi connectivity index (χ4v) is 1.45. The van der Waals surface area contributed by atoms with E-state index in [2.05, 4.69) is 0 Å². The van der Waals surface area contributed by atoms with Crippen LogP contribution in [0.3, 0.4) is 0 Å². The molecule has 0 aliphatic heterocycles. The average molecular weight is 197 g/mol. The van der Waals surface area contributed by atoms with Crippen LogP contribution >= 0.6 is 0 Å². The Kier molecular flexibility index (Phi) is 3.30. The Morgan fingerprint density at radius 3 is 2.71 bits per heavy atom. The summed E-state index contributed by atoms with van der Waals surface area (Å²) in [7, 11) is 3.18. The molecule has 78 valence electrons. The minimum atomic E-state index is -0.101. The number of hydrogen-bond donors (Lipinski definition) is 1. The van der Waals surface area contributed by atoms with Gasteiger partial charge < -0.3 is 9.84 Å². The van der Waals surface area contributed by atoms with Gasteiger partial charge in [0, 0.05) is 31.7 Å². The van der Waals surface area contributed by atoms with Crippen LogP contribution in [0.15, 0.2) is 10.9 Å². The Balaban J connectivity index is 3.34. The van der Waals surface area contributed by atoms with Crippen molar-refractivity contribution in [2.24, 2.45) is 7.05 Å². The highest BCUT2D eigenvalue weighted by Crippen LogP contribution is 2.12. The van der Waals surface area contributed by atoms with E-state index in [4.69, 9.17) is 9.84 Å². The summed E-state index contributed by atoms with van der Waals surface area (Å²) in [6.07, 6.45) is 0.391. The summed E-state index contributed by atoms with van der Waals surface area (Å²) in [5, 5.41) is 8.81. The van der Waals surface area contributed by atoms with E-state index in [9.17, 15) is 4.79 Å². The highest BCUT2D eigenvalue weighted by Gasteiger charge is 2.09. The average Bonchev–Trinajstić information content (AvgIpc) is 2.18. The van der Waals surface area contributed by atoms with Crippen LogP contribution in [0.25, 0.3) is 0 Å². The summed E-state index contributed by atoms with van der Waals surface area (Å²) in [6.45, 7) is 1.83. The van der Waals surface area contributed by atoms with Crippen molar-refractivity contribution in [3.63, 3.8) is 0 Å². The zero-order valence-electron chi connectivity index (χ0n) is 8.70. The molecule has 1 N–H and O–H groups in total. The van der Waals surface area contributed by atoms with Crippen molar-refractivity contribution in [1.82, 2.24) is 4.57 Å². The molecule has 1 aromatic heterocycles. The minimum absolute atomic E-state index is 0.0115. The molecule has 0 spiro atoms. The maximum Gasteiger partial charge on any atom is 0.256 e. The second-order valence-corrected chi connectivity index (χ2v) is 3.19. The maximum absolute atomic E-state index is 11.7. The molecule has 0 saturated heterocycles. The summed E-state index contributed by atoms with van der Waals surface area (Å²) in [4.78, 5) is 11.7. The highest BCUT2D eigenvalue weighted by atomic mass is 16.5. The lowest BCUT2D eigenvalue weighted by Crippen LogP contribution is -2.24. The molecule has 0 aromatic carbocycles. The van der Waals surface area contributed by atoms with E-state index in [0.717, 1.165) is 5.56 Å². The summed E-state index contributed by atoms with van der Waals surface area (Å²) >= 11 is 0. The third-order valence-corrected chi connectivity index (χ3v) is 2.28. The van der Waals surface area contributed by atoms with Crippen molar-refractivity contribution < 1.29 is 9.84 Å². The summed E-state index contributed by atoms with van der Waals surface area (Å²) in [5.41, 5.74) is 1.41. The van der Waals surface area contributed by atoms with Gasteiger partial charge in [-0.3, -0.25) is 9.36 Å². The van der Waals surface area contributed by atoms with Crippen LogP contribution in [0.2, 0.25) is 0 Å². The summed E-state index contributed by atoms with van der Waals surface area (Å²) < 4.78 is 6.48. The van der Waals surface area contributed by atoms with E-state index in [1.807, 2.05) is 6.92 Å². The third-order valence-electron chi connectivity index (χ3n) is 2.28. The Morgan fingerprint density at radius 1 is 1.57 bits per heavy atom. The molecule has 0 saturated carbocycles. The zero-order chi connectivity index (χ0) is 10.7. The van der Waals surface area contributed by atoms with E-state index in [0.29, 0.717) is 17.9 Å². The molecule has 0 bridgehead atoms. The first-order valence-corrected chi connectivity index (χ1v) is 4.46. The Bertz CT molecular complexity index is 382. The quantitative estimate of drug-likeness (QED) is 0.755. The SMILES string of the molecule is COc1cc(C)c(CCO)c(=O)n1C. The molecule has 0 radical (unpaired) electrons. The van der Waals surface area contributed by atoms with Gasteiger partial charge in [-0.05, 0) is 12.5 Å². The number of aliphatic hydroxyl groups is 1. The van der Waals surface area contributed by atoms with Crippen molar-refractivity contribution in [3.05, 3.63) is 27.5 Å². The van der Waals surface area contributed by atoms with Gasteiger partial charge in [-0.1, -0.05) is 0 Å². The van der Waals surface area contributed by atoms with E-state index < -0.39 is 0 Å². The molecule has 1 heterocycles. The monoisotopic (exact) mass is 197 g/mol. The number of rotatable bonds is 3. The molecule has 4 nitrogen and oxygen atoms in total. The van der Waals surface area contributed by atoms with Gasteiger partial charge in [-0.25, -0.2) is 0 Å². The van der Waals surface area contributed by atoms with E-state index in [1.165, 1.54) is 11.7 Å². The number of aryl methyl sites for hydroxylation is 1. The summed E-state index contributed by atoms with van der Waals surface area (Å²) in [6, 6.07) is 1.80. The van der Waals surface area contributed by atoms with E-state index >= 15 is 0 Å². The normalized spacial score (nSPS) is 10.3. The van der Waals surface area contributed by atoms with Gasteiger partial charge in [-0.2, -0.15) is 0 Å². The molecule has 0 aliphatic rings. The molecular formula is C10H15NO3. The van der Waals surface area contributed by atoms with Crippen LogP contribution in [0, 0.1) is 6.92 Å². The maximum atomic E-state index is 11.7. The number of methoxy groups -OCH3 is 1. The van der Waals surface area contributed by atoms with Crippen LogP contribution in [-0.4, -0.2) is 23.4 Å². The van der Waals surface area contributed by atoms with Gasteiger partial charge in [0.25, 0.3) is 5.56 Å². The summed E-state index contributed by atoms with van der Waals surface area (Å²) in [5.74, 6) is 0.536. The number of aliphatic hydroxyl groups excluding tert-OH is 1. The number of hydrogen-bond acceptors (Lipinski definition) is 3. The second kappa shape index (κ2) is 4.28. The van der Waals surface area contributed by atoms with Gasteiger partial charge in [0.15, 0.2) is 5.88 Å². The number of aromatic nitrogens is 1. The fourth-order valence-electron chi connectivity index (χ4n) is 1.45. The standard InChI is InChI=1S/C10H15NO3/c1-7-6-9(14-3)11(2)10(13)8(7)4-5-12/h6,12H,4-5H2,1-3H3. The van der Waals surface area contributed by atoms with Gasteiger partial charge >= 0.3 is 0 Å². The van der Waals surface area contributed by atoms with E-state index in [-0.39, 0.29) is 12.2 Å². The Labute approximate surface area is 82.8 Å². The first kappa shape index (κ1) is 10.8. The van der Waals surface area contributed by atoms with Gasteiger partial charge in [0.1, 0.15) is 0 Å². The number of ether oxygens (including phenoxy) is 1. The second-order valence-electron chi connectivity index (χ2n) is 3.19. The van der Waals surface area contributed by atoms with Gasteiger partial charge in [0.2, 0.25) is 0 Å². The molecular weight excluding hydrogens is 182 g/mol. The lowest BCUT2D eigenvalue weighted by molar-refractivity contribution is 0.298. The van der Waals surface area contributed by atoms with Crippen LogP contribution in [-0.2, 0) is 13.5 Å². The molecule has 0 fully saturated rings. The molecule has 1 rings (SSSR count). The van der Waals surface area contributed by atoms with E-state index in [1.54, 1.807) is 13.1 Å². The van der Waals surface area contributed by atoms with Crippen LogP contribution < -0.4 is 10.3 Å². The predicted octanol–water partition coefficient (Wildman–Crippen LogP) is 0.237. The lowest BCUT2D eigenvalue weighted by Gasteiger charge is -2.11. The highest BCUT2D eigenvalue weighted by molar-refractivity contribution is 5.29. The topological polar surface area (TPSA) is 51.5 Å². The first-order valence-electron chi connectivity index (χ1n) is 4.46. The Hall–Kier alpha value is -1.29. The largest absolute Gasteiger partial charge is 0.482 e. The molecule has 0 amide bonds. The molecule has 0 atom stereocenters. The third kappa shape index (κ3) is 1.80. The first-order chi connectivity index (χ1) is 6.61. The Morgan fingerprint density at radius 2 is 2.21 bits per heavy atom. The van der Waals surface area contributed by atoms with Crippen molar-refractivity contribution >= 4 is 0 Å². The molecule has 0 unspecified atom stereocenters. The fraction of sp³-hybridized carbons (Fsp3) is 0.500. The van der Waals surface area contributed by atoms with Crippen molar-refractivity contribution in [1.29, 1.82) is 0 Å². The molecule has 14 heavy (non-hydrogen) atoms. The van der Waals surface area contributed by atoms with Crippen molar-refractivity contribution in [3.8, 4) is 5.88 Å². The van der Waals surface area contributed by atoms with Crippen LogP contribution in [0.4, 0.5) is 0 Å². The van der Waals surface area contributed by atoms with Crippen LogP contribution in [0.5, 0.6) is 5.88 Å². The smallest absolute Gasteiger partial charge is 0.256 e. The number of nitrogens with zero attached hydrogens (tertiary/aromatic N) is 1. The van der Waals surface area contributed by atoms with Gasteiger partial charge in [0.05, 0.1) is 7.11 Å². The number of pyridine rings is 1. The van der Waals surface area contributed by atoms with Gasteiger partial charge in [-0.15, -0.1) is 0 Å². The zero-order valence-corrected chi connectivity index (χ0v) is 8.70. The minimum Gasteiger partial charge on any atom is -0.482 e. The molecule has 0 aliphatic carbocycles.